The van der Waals surface area contributed by atoms with Gasteiger partial charge < -0.3 is 14.1 Å². The maximum absolute atomic E-state index is 12.3. The molecular formula is C14H19N3O3S. The number of methoxy groups -OCH3 is 1. The van der Waals surface area contributed by atoms with E-state index in [4.69, 9.17) is 9.15 Å². The average molecular weight is 309 g/mol. The van der Waals surface area contributed by atoms with Gasteiger partial charge in [-0.25, -0.2) is 9.78 Å². The van der Waals surface area contributed by atoms with E-state index >= 15 is 0 Å². The van der Waals surface area contributed by atoms with E-state index in [2.05, 4.69) is 10.3 Å². The molecule has 1 N–H and O–H groups in total. The minimum atomic E-state index is -0.213. The molecule has 0 unspecified atom stereocenters. The lowest BCUT2D eigenvalue weighted by Gasteiger charge is -2.21. The lowest BCUT2D eigenvalue weighted by Crippen LogP contribution is -2.36. The van der Waals surface area contributed by atoms with Crippen molar-refractivity contribution in [3.8, 4) is 0 Å². The van der Waals surface area contributed by atoms with Crippen molar-refractivity contribution < 1.29 is 13.9 Å². The Morgan fingerprint density at radius 3 is 2.86 bits per heavy atom. The second-order valence-electron chi connectivity index (χ2n) is 4.63. The molecule has 0 radical (unpaired) electrons. The van der Waals surface area contributed by atoms with Gasteiger partial charge in [0.15, 0.2) is 5.13 Å². The number of hydrogen-bond acceptors (Lipinski definition) is 5. The van der Waals surface area contributed by atoms with E-state index in [1.165, 1.54) is 11.3 Å². The van der Waals surface area contributed by atoms with Crippen LogP contribution >= 0.6 is 11.3 Å². The standard InChI is InChI=1S/C14H19N3O3S/c1-10-4-5-12(20-10)9-17(6-7-19-3)14(18)16-13-15-8-11(2)21-13/h4-5,8H,6-7,9H2,1-3H3,(H,15,16,18). The molecule has 2 rings (SSSR count). The smallest absolute Gasteiger partial charge is 0.324 e. The fourth-order valence-corrected chi connectivity index (χ4v) is 2.45. The molecule has 0 aliphatic rings. The quantitative estimate of drug-likeness (QED) is 0.890. The molecule has 0 saturated carbocycles. The number of thiazole rings is 1. The molecule has 0 spiro atoms. The predicted octanol–water partition coefficient (Wildman–Crippen LogP) is 3.03. The number of amides is 2. The minimum Gasteiger partial charge on any atom is -0.464 e. The van der Waals surface area contributed by atoms with Crippen LogP contribution < -0.4 is 5.32 Å². The van der Waals surface area contributed by atoms with Gasteiger partial charge >= 0.3 is 6.03 Å². The highest BCUT2D eigenvalue weighted by atomic mass is 32.1. The van der Waals surface area contributed by atoms with Crippen LogP contribution in [0.2, 0.25) is 0 Å². The van der Waals surface area contributed by atoms with Gasteiger partial charge in [-0.2, -0.15) is 0 Å². The van der Waals surface area contributed by atoms with Crippen molar-refractivity contribution in [1.82, 2.24) is 9.88 Å². The lowest BCUT2D eigenvalue weighted by molar-refractivity contribution is 0.149. The fourth-order valence-electron chi connectivity index (χ4n) is 1.80. The number of urea groups is 1. The van der Waals surface area contributed by atoms with Crippen LogP contribution in [0.15, 0.2) is 22.7 Å². The molecule has 0 aromatic carbocycles. The van der Waals surface area contributed by atoms with E-state index in [0.29, 0.717) is 24.8 Å². The van der Waals surface area contributed by atoms with Gasteiger partial charge in [0.2, 0.25) is 0 Å². The van der Waals surface area contributed by atoms with Gasteiger partial charge in [0.05, 0.1) is 13.2 Å². The second kappa shape index (κ2) is 7.24. The maximum atomic E-state index is 12.3. The molecule has 2 heterocycles. The van der Waals surface area contributed by atoms with Gasteiger partial charge in [-0.3, -0.25) is 5.32 Å². The molecule has 0 saturated heterocycles. The van der Waals surface area contributed by atoms with Crippen LogP contribution in [0.1, 0.15) is 16.4 Å². The Hall–Kier alpha value is -1.86. The highest BCUT2D eigenvalue weighted by Crippen LogP contribution is 2.17. The zero-order valence-electron chi connectivity index (χ0n) is 12.4. The van der Waals surface area contributed by atoms with Crippen molar-refractivity contribution in [2.75, 3.05) is 25.6 Å². The summed E-state index contributed by atoms with van der Waals surface area (Å²) in [6, 6.07) is 3.54. The molecule has 21 heavy (non-hydrogen) atoms. The van der Waals surface area contributed by atoms with E-state index in [1.807, 2.05) is 26.0 Å². The molecule has 0 bridgehead atoms. The number of furan rings is 1. The van der Waals surface area contributed by atoms with E-state index in [1.54, 1.807) is 18.2 Å². The van der Waals surface area contributed by atoms with Crippen LogP contribution in [-0.4, -0.2) is 36.2 Å². The molecule has 0 atom stereocenters. The Labute approximate surface area is 127 Å². The number of nitrogens with one attached hydrogen (secondary N) is 1. The zero-order valence-corrected chi connectivity index (χ0v) is 13.2. The molecule has 2 aromatic rings. The number of aryl methyl sites for hydroxylation is 2. The molecule has 0 fully saturated rings. The van der Waals surface area contributed by atoms with Crippen molar-refractivity contribution in [2.24, 2.45) is 0 Å². The summed E-state index contributed by atoms with van der Waals surface area (Å²) in [7, 11) is 1.61. The van der Waals surface area contributed by atoms with Crippen LogP contribution in [-0.2, 0) is 11.3 Å². The second-order valence-corrected chi connectivity index (χ2v) is 5.87. The third-order valence-electron chi connectivity index (χ3n) is 2.83. The van der Waals surface area contributed by atoms with Gasteiger partial charge in [0, 0.05) is 24.7 Å². The Morgan fingerprint density at radius 1 is 1.48 bits per heavy atom. The highest BCUT2D eigenvalue weighted by molar-refractivity contribution is 7.15. The summed E-state index contributed by atoms with van der Waals surface area (Å²) in [5.41, 5.74) is 0. The summed E-state index contributed by atoms with van der Waals surface area (Å²) in [6.45, 7) is 5.16. The topological polar surface area (TPSA) is 67.6 Å². The summed E-state index contributed by atoms with van der Waals surface area (Å²) in [5, 5.41) is 3.39. The Balaban J connectivity index is 2.01. The summed E-state index contributed by atoms with van der Waals surface area (Å²) < 4.78 is 10.6. The van der Waals surface area contributed by atoms with Crippen LogP contribution in [0.25, 0.3) is 0 Å². The number of aromatic nitrogens is 1. The number of carbonyl (C=O) groups is 1. The summed E-state index contributed by atoms with van der Waals surface area (Å²) in [4.78, 5) is 19.1. The molecule has 2 amide bonds. The van der Waals surface area contributed by atoms with Gasteiger partial charge in [-0.1, -0.05) is 0 Å². The van der Waals surface area contributed by atoms with Gasteiger partial charge in [0.25, 0.3) is 0 Å². The molecule has 2 aromatic heterocycles. The number of hydrogen-bond donors (Lipinski definition) is 1. The normalized spacial score (nSPS) is 10.6. The highest BCUT2D eigenvalue weighted by Gasteiger charge is 2.16. The monoisotopic (exact) mass is 309 g/mol. The number of rotatable bonds is 6. The Bertz CT molecular complexity index is 594. The van der Waals surface area contributed by atoms with Crippen LogP contribution in [0.4, 0.5) is 9.93 Å². The van der Waals surface area contributed by atoms with Crippen molar-refractivity contribution in [3.05, 3.63) is 34.7 Å². The number of anilines is 1. The Kier molecular flexibility index (Phi) is 5.35. The van der Waals surface area contributed by atoms with Gasteiger partial charge in [-0.15, -0.1) is 11.3 Å². The first-order valence-electron chi connectivity index (χ1n) is 6.61. The van der Waals surface area contributed by atoms with Crippen LogP contribution in [0.5, 0.6) is 0 Å². The summed E-state index contributed by atoms with van der Waals surface area (Å²) in [6.07, 6.45) is 1.73. The first kappa shape index (κ1) is 15.5. The largest absolute Gasteiger partial charge is 0.464 e. The SMILES string of the molecule is COCCN(Cc1ccc(C)o1)C(=O)Nc1ncc(C)s1. The third-order valence-corrected chi connectivity index (χ3v) is 3.66. The van der Waals surface area contributed by atoms with Crippen molar-refractivity contribution in [1.29, 1.82) is 0 Å². The first-order valence-corrected chi connectivity index (χ1v) is 7.42. The number of nitrogens with zero attached hydrogens (tertiary/aromatic N) is 2. The average Bonchev–Trinajstić information content (AvgIpc) is 3.03. The summed E-state index contributed by atoms with van der Waals surface area (Å²) >= 11 is 1.44. The molecule has 0 aliphatic carbocycles. The molecule has 0 aliphatic heterocycles. The molecule has 114 valence electrons. The Morgan fingerprint density at radius 2 is 2.29 bits per heavy atom. The molecule has 7 heteroatoms. The number of carbonyl (C=O) groups excluding carboxylic acids is 1. The number of ether oxygens (including phenoxy) is 1. The minimum absolute atomic E-state index is 0.213. The van der Waals surface area contributed by atoms with E-state index in [0.717, 1.165) is 16.4 Å². The molecule has 6 nitrogen and oxygen atoms in total. The summed E-state index contributed by atoms with van der Waals surface area (Å²) in [5.74, 6) is 1.57. The maximum Gasteiger partial charge on any atom is 0.324 e. The fraction of sp³-hybridized carbons (Fsp3) is 0.429. The van der Waals surface area contributed by atoms with E-state index in [-0.39, 0.29) is 6.03 Å². The zero-order chi connectivity index (χ0) is 15.2. The van der Waals surface area contributed by atoms with Crippen molar-refractivity contribution in [2.45, 2.75) is 20.4 Å². The van der Waals surface area contributed by atoms with E-state index < -0.39 is 0 Å². The van der Waals surface area contributed by atoms with Crippen LogP contribution in [0, 0.1) is 13.8 Å². The van der Waals surface area contributed by atoms with E-state index in [9.17, 15) is 4.79 Å². The molecular weight excluding hydrogens is 290 g/mol. The predicted molar refractivity (Wildman–Crippen MR) is 81.6 cm³/mol. The first-order chi connectivity index (χ1) is 10.1. The van der Waals surface area contributed by atoms with Gasteiger partial charge in [-0.05, 0) is 26.0 Å². The lowest BCUT2D eigenvalue weighted by atomic mass is 10.4. The van der Waals surface area contributed by atoms with Crippen molar-refractivity contribution >= 4 is 22.5 Å². The van der Waals surface area contributed by atoms with Gasteiger partial charge in [0.1, 0.15) is 11.5 Å². The van der Waals surface area contributed by atoms with Crippen LogP contribution in [0.3, 0.4) is 0 Å². The third kappa shape index (κ3) is 4.57. The van der Waals surface area contributed by atoms with Crippen molar-refractivity contribution in [3.63, 3.8) is 0 Å².